The number of hydrogen-bond acceptors (Lipinski definition) is 3. The molecule has 1 aromatic heterocycles. The molecule has 0 fully saturated rings. The van der Waals surface area contributed by atoms with Gasteiger partial charge in [0.15, 0.2) is 0 Å². The molecule has 66 valence electrons. The molecule has 0 spiro atoms. The first-order chi connectivity index (χ1) is 5.72. The molecule has 0 aliphatic heterocycles. The van der Waals surface area contributed by atoms with Crippen molar-refractivity contribution in [1.29, 1.82) is 0 Å². The number of rotatable bonds is 3. The van der Waals surface area contributed by atoms with Crippen molar-refractivity contribution in [1.82, 2.24) is 10.3 Å². The van der Waals surface area contributed by atoms with Gasteiger partial charge in [0, 0.05) is 11.1 Å². The number of hydrogen-bond donors (Lipinski definition) is 2. The lowest BCUT2D eigenvalue weighted by molar-refractivity contribution is 0.248. The minimum atomic E-state index is -0.511. The predicted molar refractivity (Wildman–Crippen MR) is 47.9 cm³/mol. The number of carbonyl (C=O) groups is 1. The van der Waals surface area contributed by atoms with Crippen LogP contribution >= 0.6 is 11.3 Å². The van der Waals surface area contributed by atoms with Crippen LogP contribution in [-0.4, -0.2) is 11.0 Å². The average molecular weight is 185 g/mol. The quantitative estimate of drug-likeness (QED) is 0.733. The standard InChI is InChI=1S/C7H11N3OS/c1-2-5-3-9-6(12-5)4-10-7(8)11/h3H,2,4H2,1H3,(H3,8,10,11). The Kier molecular flexibility index (Phi) is 3.04. The maximum absolute atomic E-state index is 10.3. The van der Waals surface area contributed by atoms with Crippen molar-refractivity contribution in [2.75, 3.05) is 0 Å². The summed E-state index contributed by atoms with van der Waals surface area (Å²) in [5.74, 6) is 0. The molecule has 5 heteroatoms. The Hall–Kier alpha value is -1.10. The van der Waals surface area contributed by atoms with Crippen LogP contribution < -0.4 is 11.1 Å². The van der Waals surface area contributed by atoms with Crippen LogP contribution in [-0.2, 0) is 13.0 Å². The van der Waals surface area contributed by atoms with E-state index >= 15 is 0 Å². The highest BCUT2D eigenvalue weighted by Crippen LogP contribution is 2.12. The van der Waals surface area contributed by atoms with Gasteiger partial charge in [-0.25, -0.2) is 9.78 Å². The minimum absolute atomic E-state index is 0.431. The van der Waals surface area contributed by atoms with Crippen molar-refractivity contribution < 1.29 is 4.79 Å². The number of carbonyl (C=O) groups excluding carboxylic acids is 1. The molecule has 0 saturated heterocycles. The van der Waals surface area contributed by atoms with Crippen molar-refractivity contribution in [2.24, 2.45) is 5.73 Å². The number of primary amides is 1. The zero-order valence-corrected chi connectivity index (χ0v) is 7.65. The second-order valence-corrected chi connectivity index (χ2v) is 3.49. The SMILES string of the molecule is CCc1cnc(CNC(N)=O)s1. The first-order valence-electron chi connectivity index (χ1n) is 3.69. The molecule has 0 aliphatic carbocycles. The Balaban J connectivity index is 2.47. The van der Waals surface area contributed by atoms with E-state index in [4.69, 9.17) is 5.73 Å². The maximum Gasteiger partial charge on any atom is 0.312 e. The van der Waals surface area contributed by atoms with Crippen molar-refractivity contribution >= 4 is 17.4 Å². The Bertz CT molecular complexity index is 271. The van der Waals surface area contributed by atoms with Gasteiger partial charge in [0.1, 0.15) is 5.01 Å². The molecule has 1 heterocycles. The summed E-state index contributed by atoms with van der Waals surface area (Å²) in [6.07, 6.45) is 2.80. The summed E-state index contributed by atoms with van der Waals surface area (Å²) >= 11 is 1.59. The van der Waals surface area contributed by atoms with E-state index < -0.39 is 6.03 Å². The van der Waals surface area contributed by atoms with Crippen molar-refractivity contribution in [3.63, 3.8) is 0 Å². The van der Waals surface area contributed by atoms with Crippen LogP contribution in [0.15, 0.2) is 6.20 Å². The molecule has 0 aromatic carbocycles. The molecule has 0 atom stereocenters. The number of nitrogens with zero attached hydrogens (tertiary/aromatic N) is 1. The first kappa shape index (κ1) is 8.99. The van der Waals surface area contributed by atoms with E-state index in [-0.39, 0.29) is 0 Å². The van der Waals surface area contributed by atoms with Gasteiger partial charge in [-0.15, -0.1) is 11.3 Å². The van der Waals surface area contributed by atoms with Crippen molar-refractivity contribution in [3.8, 4) is 0 Å². The lowest BCUT2D eigenvalue weighted by atomic mass is 10.4. The smallest absolute Gasteiger partial charge is 0.312 e. The summed E-state index contributed by atoms with van der Waals surface area (Å²) in [6, 6.07) is -0.511. The summed E-state index contributed by atoms with van der Waals surface area (Å²) in [7, 11) is 0. The van der Waals surface area contributed by atoms with Crippen LogP contribution in [0.3, 0.4) is 0 Å². The summed E-state index contributed by atoms with van der Waals surface area (Å²) in [6.45, 7) is 2.50. The number of nitrogens with two attached hydrogens (primary N) is 1. The molecular formula is C7H11N3OS. The third-order valence-electron chi connectivity index (χ3n) is 1.36. The fourth-order valence-corrected chi connectivity index (χ4v) is 1.56. The lowest BCUT2D eigenvalue weighted by Crippen LogP contribution is -2.28. The van der Waals surface area contributed by atoms with E-state index in [2.05, 4.69) is 17.2 Å². The third-order valence-corrected chi connectivity index (χ3v) is 2.51. The zero-order valence-electron chi connectivity index (χ0n) is 6.83. The Morgan fingerprint density at radius 2 is 2.58 bits per heavy atom. The van der Waals surface area contributed by atoms with E-state index in [1.165, 1.54) is 4.88 Å². The van der Waals surface area contributed by atoms with Gasteiger partial charge in [-0.05, 0) is 6.42 Å². The summed E-state index contributed by atoms with van der Waals surface area (Å²) < 4.78 is 0. The van der Waals surface area contributed by atoms with Crippen LogP contribution in [0.25, 0.3) is 0 Å². The highest BCUT2D eigenvalue weighted by molar-refractivity contribution is 7.11. The van der Waals surface area contributed by atoms with Crippen molar-refractivity contribution in [2.45, 2.75) is 19.9 Å². The first-order valence-corrected chi connectivity index (χ1v) is 4.51. The molecule has 0 bridgehead atoms. The molecule has 2 amide bonds. The number of urea groups is 1. The Morgan fingerprint density at radius 3 is 3.08 bits per heavy atom. The van der Waals surface area contributed by atoms with E-state index in [1.54, 1.807) is 11.3 Å². The minimum Gasteiger partial charge on any atom is -0.352 e. The largest absolute Gasteiger partial charge is 0.352 e. The van der Waals surface area contributed by atoms with Gasteiger partial charge in [0.05, 0.1) is 6.54 Å². The van der Waals surface area contributed by atoms with Gasteiger partial charge in [-0.2, -0.15) is 0 Å². The molecule has 12 heavy (non-hydrogen) atoms. The fourth-order valence-electron chi connectivity index (χ4n) is 0.756. The lowest BCUT2D eigenvalue weighted by Gasteiger charge is -1.95. The monoisotopic (exact) mass is 185 g/mol. The zero-order chi connectivity index (χ0) is 8.97. The highest BCUT2D eigenvalue weighted by atomic mass is 32.1. The molecule has 0 radical (unpaired) electrons. The highest BCUT2D eigenvalue weighted by Gasteiger charge is 2.00. The Morgan fingerprint density at radius 1 is 1.83 bits per heavy atom. The van der Waals surface area contributed by atoms with E-state index in [9.17, 15) is 4.79 Å². The second kappa shape index (κ2) is 4.06. The molecule has 1 rings (SSSR count). The molecule has 3 N–H and O–H groups in total. The van der Waals surface area contributed by atoms with Crippen LogP contribution in [0.2, 0.25) is 0 Å². The van der Waals surface area contributed by atoms with Crippen molar-refractivity contribution in [3.05, 3.63) is 16.1 Å². The molecule has 1 aromatic rings. The number of aryl methyl sites for hydroxylation is 1. The summed E-state index contributed by atoms with van der Waals surface area (Å²) in [4.78, 5) is 15.7. The van der Waals surface area contributed by atoms with Crippen LogP contribution in [0.1, 0.15) is 16.8 Å². The molecule has 0 saturated carbocycles. The molecule has 0 unspecified atom stereocenters. The average Bonchev–Trinajstić information content (AvgIpc) is 2.48. The van der Waals surface area contributed by atoms with E-state index in [0.717, 1.165) is 11.4 Å². The van der Waals surface area contributed by atoms with Gasteiger partial charge in [-0.1, -0.05) is 6.92 Å². The van der Waals surface area contributed by atoms with Crippen LogP contribution in [0.5, 0.6) is 0 Å². The fraction of sp³-hybridized carbons (Fsp3) is 0.429. The molecule has 4 nitrogen and oxygen atoms in total. The van der Waals surface area contributed by atoms with Gasteiger partial charge >= 0.3 is 6.03 Å². The number of nitrogens with one attached hydrogen (secondary N) is 1. The third kappa shape index (κ3) is 2.50. The molecular weight excluding hydrogens is 174 g/mol. The van der Waals surface area contributed by atoms with E-state index in [0.29, 0.717) is 6.54 Å². The topological polar surface area (TPSA) is 68.0 Å². The Labute approximate surface area is 74.8 Å². The maximum atomic E-state index is 10.3. The van der Waals surface area contributed by atoms with Gasteiger partial charge < -0.3 is 11.1 Å². The number of amides is 2. The molecule has 0 aliphatic rings. The normalized spacial score (nSPS) is 9.75. The van der Waals surface area contributed by atoms with Crippen LogP contribution in [0, 0.1) is 0 Å². The van der Waals surface area contributed by atoms with E-state index in [1.807, 2.05) is 6.20 Å². The van der Waals surface area contributed by atoms with Gasteiger partial charge in [0.2, 0.25) is 0 Å². The number of aromatic nitrogens is 1. The summed E-state index contributed by atoms with van der Waals surface area (Å²) in [5, 5.41) is 3.38. The second-order valence-electron chi connectivity index (χ2n) is 2.29. The predicted octanol–water partition coefficient (Wildman–Crippen LogP) is 0.874. The number of thiazole rings is 1. The summed E-state index contributed by atoms with van der Waals surface area (Å²) in [5.41, 5.74) is 4.91. The van der Waals surface area contributed by atoms with Gasteiger partial charge in [-0.3, -0.25) is 0 Å². The van der Waals surface area contributed by atoms with Crippen LogP contribution in [0.4, 0.5) is 4.79 Å². The van der Waals surface area contributed by atoms with Gasteiger partial charge in [0.25, 0.3) is 0 Å².